The summed E-state index contributed by atoms with van der Waals surface area (Å²) in [6.45, 7) is 2.54. The van der Waals surface area contributed by atoms with Gasteiger partial charge in [0.15, 0.2) is 0 Å². The Morgan fingerprint density at radius 3 is 2.58 bits per heavy atom. The smallest absolute Gasteiger partial charge is 0.334 e. The van der Waals surface area contributed by atoms with Crippen molar-refractivity contribution in [2.45, 2.75) is 31.5 Å². The predicted molar refractivity (Wildman–Crippen MR) is 120 cm³/mol. The van der Waals surface area contributed by atoms with Crippen LogP contribution in [0.4, 0.5) is 17.6 Å². The van der Waals surface area contributed by atoms with Gasteiger partial charge < -0.3 is 10.2 Å². The molecule has 3 aromatic rings. The fraction of sp³-hybridized carbons (Fsp3) is 0.346. The fourth-order valence-electron chi connectivity index (χ4n) is 4.79. The molecular weight excluding hydrogens is 432 g/mol. The molecule has 1 aliphatic heterocycles. The molecule has 1 heterocycles. The van der Waals surface area contributed by atoms with E-state index in [0.29, 0.717) is 18.5 Å². The van der Waals surface area contributed by atoms with E-state index < -0.39 is 23.8 Å². The maximum atomic E-state index is 13.9. The van der Waals surface area contributed by atoms with Gasteiger partial charge in [0, 0.05) is 25.0 Å². The number of nitrogens with one attached hydrogen (secondary N) is 1. The molecule has 3 aromatic carbocycles. The highest BCUT2D eigenvalue weighted by molar-refractivity contribution is 5.86. The molecule has 1 aliphatic rings. The van der Waals surface area contributed by atoms with Gasteiger partial charge in [-0.1, -0.05) is 54.6 Å². The lowest BCUT2D eigenvalue weighted by molar-refractivity contribution is -0.187. The van der Waals surface area contributed by atoms with Crippen molar-refractivity contribution < 1.29 is 22.4 Å². The number of alkyl halides is 3. The van der Waals surface area contributed by atoms with Crippen LogP contribution in [0.5, 0.6) is 0 Å². The average Bonchev–Trinajstić information content (AvgIpc) is 2.81. The molecule has 1 amide bonds. The Morgan fingerprint density at radius 1 is 1.09 bits per heavy atom. The molecule has 0 spiro atoms. The third-order valence-corrected chi connectivity index (χ3v) is 6.54. The van der Waals surface area contributed by atoms with Crippen LogP contribution < -0.4 is 5.32 Å². The first-order valence-electron chi connectivity index (χ1n) is 11.1. The normalized spacial score (nSPS) is 20.1. The molecule has 0 bridgehead atoms. The Labute approximate surface area is 190 Å². The summed E-state index contributed by atoms with van der Waals surface area (Å²) in [5, 5.41) is 5.81. The Morgan fingerprint density at radius 2 is 1.82 bits per heavy atom. The number of benzene rings is 3. The SMILES string of the molecule is C[C@@H](NCC1CCN(C(=O)C(F)(F)F)CC1c1cccc(F)c1)c1cccc2ccccc12. The van der Waals surface area contributed by atoms with Crippen LogP contribution in [-0.4, -0.2) is 36.6 Å². The molecular formula is C26H26F4N2O. The number of amides is 1. The van der Waals surface area contributed by atoms with Gasteiger partial charge in [0.1, 0.15) is 5.82 Å². The summed E-state index contributed by atoms with van der Waals surface area (Å²) in [6, 6.07) is 20.2. The van der Waals surface area contributed by atoms with Crippen molar-refractivity contribution in [1.82, 2.24) is 10.2 Å². The molecule has 3 atom stereocenters. The van der Waals surface area contributed by atoms with Gasteiger partial charge >= 0.3 is 12.1 Å². The van der Waals surface area contributed by atoms with Crippen LogP contribution in [0, 0.1) is 11.7 Å². The number of piperidine rings is 1. The largest absolute Gasteiger partial charge is 0.471 e. The number of carbonyl (C=O) groups is 1. The van der Waals surface area contributed by atoms with Crippen LogP contribution in [0.3, 0.4) is 0 Å². The first-order valence-corrected chi connectivity index (χ1v) is 11.1. The molecule has 2 unspecified atom stereocenters. The van der Waals surface area contributed by atoms with Crippen LogP contribution >= 0.6 is 0 Å². The summed E-state index contributed by atoms with van der Waals surface area (Å²) in [7, 11) is 0. The van der Waals surface area contributed by atoms with Gasteiger partial charge in [0.2, 0.25) is 0 Å². The predicted octanol–water partition coefficient (Wildman–Crippen LogP) is 5.82. The molecule has 4 rings (SSSR count). The summed E-state index contributed by atoms with van der Waals surface area (Å²) in [5.74, 6) is -2.71. The molecule has 174 valence electrons. The molecule has 0 saturated carbocycles. The van der Waals surface area contributed by atoms with Gasteiger partial charge in [0.05, 0.1) is 0 Å². The van der Waals surface area contributed by atoms with E-state index in [0.717, 1.165) is 21.2 Å². The molecule has 0 aliphatic carbocycles. The molecule has 0 radical (unpaired) electrons. The summed E-state index contributed by atoms with van der Waals surface area (Å²) in [6.07, 6.45) is -4.52. The lowest BCUT2D eigenvalue weighted by atomic mass is 9.80. The second kappa shape index (κ2) is 9.51. The first-order chi connectivity index (χ1) is 15.7. The molecule has 1 N–H and O–H groups in total. The highest BCUT2D eigenvalue weighted by Crippen LogP contribution is 2.35. The number of hydrogen-bond acceptors (Lipinski definition) is 2. The van der Waals surface area contributed by atoms with Crippen molar-refractivity contribution in [3.63, 3.8) is 0 Å². The van der Waals surface area contributed by atoms with E-state index in [4.69, 9.17) is 0 Å². The minimum Gasteiger partial charge on any atom is -0.334 e. The number of fused-ring (bicyclic) bond motifs is 1. The Kier molecular flexibility index (Phi) is 6.70. The minimum atomic E-state index is -4.92. The zero-order valence-corrected chi connectivity index (χ0v) is 18.3. The third-order valence-electron chi connectivity index (χ3n) is 6.54. The maximum absolute atomic E-state index is 13.9. The minimum absolute atomic E-state index is 0.0131. The van der Waals surface area contributed by atoms with E-state index in [2.05, 4.69) is 36.5 Å². The van der Waals surface area contributed by atoms with E-state index in [-0.39, 0.29) is 25.0 Å². The van der Waals surface area contributed by atoms with Crippen molar-refractivity contribution in [2.75, 3.05) is 19.6 Å². The number of hydrogen-bond donors (Lipinski definition) is 1. The molecule has 1 fully saturated rings. The van der Waals surface area contributed by atoms with Crippen molar-refractivity contribution >= 4 is 16.7 Å². The van der Waals surface area contributed by atoms with Gasteiger partial charge in [-0.3, -0.25) is 4.79 Å². The number of rotatable bonds is 5. The zero-order chi connectivity index (χ0) is 23.6. The maximum Gasteiger partial charge on any atom is 0.471 e. The Balaban J connectivity index is 1.53. The molecule has 33 heavy (non-hydrogen) atoms. The second-order valence-corrected chi connectivity index (χ2v) is 8.66. The van der Waals surface area contributed by atoms with E-state index >= 15 is 0 Å². The average molecular weight is 458 g/mol. The number of carbonyl (C=O) groups excluding carboxylic acids is 1. The molecule has 3 nitrogen and oxygen atoms in total. The van der Waals surface area contributed by atoms with Crippen molar-refractivity contribution in [3.05, 3.63) is 83.7 Å². The van der Waals surface area contributed by atoms with E-state index in [9.17, 15) is 22.4 Å². The summed E-state index contributed by atoms with van der Waals surface area (Å²) < 4.78 is 53.0. The number of nitrogens with zero attached hydrogens (tertiary/aromatic N) is 1. The van der Waals surface area contributed by atoms with Gasteiger partial charge in [-0.25, -0.2) is 4.39 Å². The lowest BCUT2D eigenvalue weighted by Gasteiger charge is -2.39. The van der Waals surface area contributed by atoms with Crippen molar-refractivity contribution in [2.24, 2.45) is 5.92 Å². The quantitative estimate of drug-likeness (QED) is 0.489. The molecule has 1 saturated heterocycles. The molecule has 7 heteroatoms. The van der Waals surface area contributed by atoms with Crippen LogP contribution in [-0.2, 0) is 4.79 Å². The topological polar surface area (TPSA) is 32.3 Å². The van der Waals surface area contributed by atoms with Crippen LogP contribution in [0.25, 0.3) is 10.8 Å². The summed E-state index contributed by atoms with van der Waals surface area (Å²) in [5.41, 5.74) is 1.75. The van der Waals surface area contributed by atoms with E-state index in [1.807, 2.05) is 18.2 Å². The first kappa shape index (κ1) is 23.2. The van der Waals surface area contributed by atoms with Gasteiger partial charge in [-0.05, 0) is 59.8 Å². The summed E-state index contributed by atoms with van der Waals surface area (Å²) >= 11 is 0. The van der Waals surface area contributed by atoms with Crippen LogP contribution in [0.2, 0.25) is 0 Å². The Bertz CT molecular complexity index is 1130. The van der Waals surface area contributed by atoms with Crippen molar-refractivity contribution in [3.8, 4) is 0 Å². The second-order valence-electron chi connectivity index (χ2n) is 8.66. The highest BCUT2D eigenvalue weighted by atomic mass is 19.4. The zero-order valence-electron chi connectivity index (χ0n) is 18.3. The van der Waals surface area contributed by atoms with Crippen molar-refractivity contribution in [1.29, 1.82) is 0 Å². The van der Waals surface area contributed by atoms with E-state index in [1.54, 1.807) is 12.1 Å². The number of halogens is 4. The van der Waals surface area contributed by atoms with Crippen LogP contribution in [0.1, 0.15) is 36.4 Å². The van der Waals surface area contributed by atoms with E-state index in [1.165, 1.54) is 12.1 Å². The van der Waals surface area contributed by atoms with Gasteiger partial charge in [0.25, 0.3) is 0 Å². The fourth-order valence-corrected chi connectivity index (χ4v) is 4.79. The van der Waals surface area contributed by atoms with Gasteiger partial charge in [-0.2, -0.15) is 13.2 Å². The summed E-state index contributed by atoms with van der Waals surface area (Å²) in [4.78, 5) is 12.7. The van der Waals surface area contributed by atoms with Crippen LogP contribution in [0.15, 0.2) is 66.7 Å². The van der Waals surface area contributed by atoms with Gasteiger partial charge in [-0.15, -0.1) is 0 Å². The molecule has 0 aromatic heterocycles. The monoisotopic (exact) mass is 458 g/mol. The third kappa shape index (κ3) is 5.19. The lowest BCUT2D eigenvalue weighted by Crippen LogP contribution is -2.49. The highest BCUT2D eigenvalue weighted by Gasteiger charge is 2.45. The standard InChI is InChI=1S/C26H26F4N2O/c1-17(22-11-5-7-18-6-2-3-10-23(18)22)31-15-20-12-13-32(25(33)26(28,29)30)16-24(20)19-8-4-9-21(27)14-19/h2-11,14,17,20,24,31H,12-13,15-16H2,1H3/t17-,20?,24?/m1/s1. The Hall–Kier alpha value is -2.93. The number of likely N-dealkylation sites (tertiary alicyclic amines) is 1.